The van der Waals surface area contributed by atoms with E-state index in [1.807, 2.05) is 12.1 Å². The lowest BCUT2D eigenvalue weighted by Gasteiger charge is -2.09. The maximum Gasteiger partial charge on any atom is 0.118 e. The van der Waals surface area contributed by atoms with Crippen LogP contribution in [0.5, 0.6) is 5.75 Å². The Labute approximate surface area is 124 Å². The Morgan fingerprint density at radius 2 is 1.43 bits per heavy atom. The van der Waals surface area contributed by atoms with Crippen molar-refractivity contribution in [3.8, 4) is 28.0 Å². The van der Waals surface area contributed by atoms with E-state index in [9.17, 15) is 0 Å². The van der Waals surface area contributed by atoms with Crippen LogP contribution in [0.3, 0.4) is 0 Å². The minimum Gasteiger partial charge on any atom is -0.497 e. The van der Waals surface area contributed by atoms with Crippen LogP contribution in [0, 0.1) is 0 Å². The fraction of sp³-hybridized carbons (Fsp3) is 0.100. The minimum atomic E-state index is 0.898. The standard InChI is InChI=1S/C20H16O/c1-21-16-11-9-14(10-12-16)17-7-4-8-19-18-6-3-2-5-15(18)13-20(17)19/h2-12H,13H2,1H3. The van der Waals surface area contributed by atoms with Gasteiger partial charge in [-0.1, -0.05) is 54.6 Å². The first-order valence-electron chi connectivity index (χ1n) is 7.21. The van der Waals surface area contributed by atoms with E-state index >= 15 is 0 Å². The molecule has 1 heteroatoms. The number of hydrogen-bond donors (Lipinski definition) is 0. The zero-order chi connectivity index (χ0) is 14.2. The van der Waals surface area contributed by atoms with E-state index < -0.39 is 0 Å². The minimum absolute atomic E-state index is 0.898. The molecule has 3 aromatic rings. The fourth-order valence-corrected chi connectivity index (χ4v) is 3.20. The number of fused-ring (bicyclic) bond motifs is 3. The zero-order valence-electron chi connectivity index (χ0n) is 12.0. The van der Waals surface area contributed by atoms with Crippen LogP contribution in [0.4, 0.5) is 0 Å². The maximum absolute atomic E-state index is 5.25. The van der Waals surface area contributed by atoms with Crippen molar-refractivity contribution in [2.24, 2.45) is 0 Å². The quantitative estimate of drug-likeness (QED) is 0.502. The molecule has 0 spiro atoms. The summed E-state index contributed by atoms with van der Waals surface area (Å²) in [6, 6.07) is 23.6. The van der Waals surface area contributed by atoms with Gasteiger partial charge in [-0.3, -0.25) is 0 Å². The van der Waals surface area contributed by atoms with E-state index in [4.69, 9.17) is 4.74 Å². The first kappa shape index (κ1) is 12.2. The SMILES string of the molecule is COc1ccc(-c2cccc3c2Cc2ccccc2-3)cc1. The molecule has 1 aliphatic carbocycles. The Morgan fingerprint density at radius 3 is 2.24 bits per heavy atom. The van der Waals surface area contributed by atoms with Gasteiger partial charge in [0.15, 0.2) is 0 Å². The van der Waals surface area contributed by atoms with Crippen molar-refractivity contribution in [1.82, 2.24) is 0 Å². The molecular weight excluding hydrogens is 256 g/mol. The van der Waals surface area contributed by atoms with Crippen molar-refractivity contribution in [2.75, 3.05) is 7.11 Å². The summed E-state index contributed by atoms with van der Waals surface area (Å²) in [5.41, 5.74) is 8.19. The molecule has 1 aliphatic rings. The summed E-state index contributed by atoms with van der Waals surface area (Å²) in [4.78, 5) is 0. The smallest absolute Gasteiger partial charge is 0.118 e. The molecule has 0 fully saturated rings. The van der Waals surface area contributed by atoms with Crippen LogP contribution in [0.1, 0.15) is 11.1 Å². The van der Waals surface area contributed by atoms with Crippen molar-refractivity contribution in [1.29, 1.82) is 0 Å². The summed E-state index contributed by atoms with van der Waals surface area (Å²) in [7, 11) is 1.70. The Hall–Kier alpha value is -2.54. The van der Waals surface area contributed by atoms with Gasteiger partial charge in [0.25, 0.3) is 0 Å². The molecule has 0 radical (unpaired) electrons. The van der Waals surface area contributed by atoms with E-state index in [1.165, 1.54) is 33.4 Å². The van der Waals surface area contributed by atoms with Gasteiger partial charge < -0.3 is 4.74 Å². The summed E-state index contributed by atoms with van der Waals surface area (Å²) < 4.78 is 5.25. The van der Waals surface area contributed by atoms with Gasteiger partial charge in [-0.25, -0.2) is 0 Å². The van der Waals surface area contributed by atoms with Crippen LogP contribution in [-0.2, 0) is 6.42 Å². The number of benzene rings is 3. The van der Waals surface area contributed by atoms with Gasteiger partial charge >= 0.3 is 0 Å². The highest BCUT2D eigenvalue weighted by Gasteiger charge is 2.20. The molecule has 0 N–H and O–H groups in total. The van der Waals surface area contributed by atoms with Gasteiger partial charge in [0, 0.05) is 0 Å². The highest BCUT2D eigenvalue weighted by atomic mass is 16.5. The van der Waals surface area contributed by atoms with E-state index in [2.05, 4.69) is 54.6 Å². The monoisotopic (exact) mass is 272 g/mol. The van der Waals surface area contributed by atoms with E-state index in [0.29, 0.717) is 0 Å². The normalized spacial score (nSPS) is 11.9. The molecule has 0 aliphatic heterocycles. The summed E-state index contributed by atoms with van der Waals surface area (Å²) in [5, 5.41) is 0. The van der Waals surface area contributed by atoms with Crippen molar-refractivity contribution in [3.05, 3.63) is 77.9 Å². The Balaban J connectivity index is 1.85. The molecule has 102 valence electrons. The molecule has 0 saturated carbocycles. The van der Waals surface area contributed by atoms with Crippen LogP contribution in [0.15, 0.2) is 66.7 Å². The van der Waals surface area contributed by atoms with Crippen molar-refractivity contribution in [2.45, 2.75) is 6.42 Å². The molecule has 0 saturated heterocycles. The number of rotatable bonds is 2. The van der Waals surface area contributed by atoms with Gasteiger partial charge in [0.1, 0.15) is 5.75 Å². The second kappa shape index (κ2) is 4.78. The second-order valence-corrected chi connectivity index (χ2v) is 5.39. The van der Waals surface area contributed by atoms with E-state index in [0.717, 1.165) is 12.2 Å². The molecule has 0 heterocycles. The first-order valence-corrected chi connectivity index (χ1v) is 7.21. The summed E-state index contributed by atoms with van der Waals surface area (Å²) in [5.74, 6) is 0.898. The third-order valence-electron chi connectivity index (χ3n) is 4.25. The lowest BCUT2D eigenvalue weighted by molar-refractivity contribution is 0.415. The lowest BCUT2D eigenvalue weighted by Crippen LogP contribution is -1.88. The predicted molar refractivity (Wildman–Crippen MR) is 86.7 cm³/mol. The highest BCUT2D eigenvalue weighted by molar-refractivity contribution is 5.84. The van der Waals surface area contributed by atoms with Crippen LogP contribution < -0.4 is 4.74 Å². The van der Waals surface area contributed by atoms with E-state index in [1.54, 1.807) is 7.11 Å². The van der Waals surface area contributed by atoms with Crippen LogP contribution >= 0.6 is 0 Å². The van der Waals surface area contributed by atoms with Crippen LogP contribution in [0.2, 0.25) is 0 Å². The molecule has 3 aromatic carbocycles. The third-order valence-corrected chi connectivity index (χ3v) is 4.25. The molecule has 4 rings (SSSR count). The van der Waals surface area contributed by atoms with Gasteiger partial charge in [0.2, 0.25) is 0 Å². The van der Waals surface area contributed by atoms with Gasteiger partial charge in [-0.2, -0.15) is 0 Å². The topological polar surface area (TPSA) is 9.23 Å². The summed E-state index contributed by atoms with van der Waals surface area (Å²) >= 11 is 0. The van der Waals surface area contributed by atoms with Crippen LogP contribution in [-0.4, -0.2) is 7.11 Å². The molecule has 0 aromatic heterocycles. The third kappa shape index (κ3) is 1.93. The Bertz CT molecular complexity index is 800. The molecular formula is C20H16O. The molecule has 0 atom stereocenters. The van der Waals surface area contributed by atoms with Crippen molar-refractivity contribution in [3.63, 3.8) is 0 Å². The van der Waals surface area contributed by atoms with Gasteiger partial charge in [-0.15, -0.1) is 0 Å². The van der Waals surface area contributed by atoms with E-state index in [-0.39, 0.29) is 0 Å². The Kier molecular flexibility index (Phi) is 2.78. The first-order chi connectivity index (χ1) is 10.4. The number of hydrogen-bond acceptors (Lipinski definition) is 1. The van der Waals surface area contributed by atoms with Crippen molar-refractivity contribution < 1.29 is 4.74 Å². The summed E-state index contributed by atoms with van der Waals surface area (Å²) in [6.45, 7) is 0. The molecule has 0 bridgehead atoms. The lowest BCUT2D eigenvalue weighted by atomic mass is 9.96. The Morgan fingerprint density at radius 1 is 0.714 bits per heavy atom. The molecule has 21 heavy (non-hydrogen) atoms. The highest BCUT2D eigenvalue weighted by Crippen LogP contribution is 2.41. The van der Waals surface area contributed by atoms with Gasteiger partial charge in [0.05, 0.1) is 7.11 Å². The largest absolute Gasteiger partial charge is 0.497 e. The average Bonchev–Trinajstić information content (AvgIpc) is 2.94. The summed E-state index contributed by atoms with van der Waals surface area (Å²) in [6.07, 6.45) is 1.02. The van der Waals surface area contributed by atoms with Crippen LogP contribution in [0.25, 0.3) is 22.3 Å². The van der Waals surface area contributed by atoms with Crippen molar-refractivity contribution >= 4 is 0 Å². The zero-order valence-corrected chi connectivity index (χ0v) is 12.0. The number of methoxy groups -OCH3 is 1. The average molecular weight is 272 g/mol. The van der Waals surface area contributed by atoms with Gasteiger partial charge in [-0.05, 0) is 51.9 Å². The fourth-order valence-electron chi connectivity index (χ4n) is 3.20. The number of ether oxygens (including phenoxy) is 1. The predicted octanol–water partition coefficient (Wildman–Crippen LogP) is 4.93. The molecule has 0 amide bonds. The maximum atomic E-state index is 5.25. The molecule has 1 nitrogen and oxygen atoms in total. The molecule has 0 unspecified atom stereocenters. The second-order valence-electron chi connectivity index (χ2n) is 5.39.